The second kappa shape index (κ2) is 25.9. The highest BCUT2D eigenvalue weighted by atomic mass is 32.2. The number of rotatable bonds is 15. The monoisotopic (exact) mass is 885 g/mol. The van der Waals surface area contributed by atoms with Gasteiger partial charge >= 0.3 is 12.0 Å². The van der Waals surface area contributed by atoms with Crippen LogP contribution in [0.15, 0.2) is 91.0 Å². The van der Waals surface area contributed by atoms with Gasteiger partial charge in [0.05, 0.1) is 0 Å². The Kier molecular flexibility index (Phi) is 20.5. The molecule has 16 heteroatoms. The quantitative estimate of drug-likeness (QED) is 0.119. The number of hydrogen-bond donors (Lipinski definition) is 7. The summed E-state index contributed by atoms with van der Waals surface area (Å²) in [6.07, 6.45) is 4.31. The lowest BCUT2D eigenvalue weighted by molar-refractivity contribution is -0.143. The molecule has 1 aliphatic rings. The van der Waals surface area contributed by atoms with Crippen LogP contribution in [0.1, 0.15) is 69.1 Å². The second-order valence-corrected chi connectivity index (χ2v) is 17.2. The van der Waals surface area contributed by atoms with E-state index < -0.39 is 83.7 Å². The van der Waals surface area contributed by atoms with Crippen molar-refractivity contribution in [2.75, 3.05) is 25.6 Å². The molecule has 7 amide bonds. The van der Waals surface area contributed by atoms with E-state index in [-0.39, 0.29) is 32.2 Å². The molecule has 7 N–H and O–H groups in total. The number of carboxylic acids is 1. The first-order valence-electron chi connectivity index (χ1n) is 21.6. The molecule has 1 aliphatic heterocycles. The molecular weight excluding hydrogens is 823 g/mol. The third kappa shape index (κ3) is 16.4. The highest BCUT2D eigenvalue weighted by Gasteiger charge is 2.36. The van der Waals surface area contributed by atoms with Crippen LogP contribution in [0.4, 0.5) is 4.79 Å². The average Bonchev–Trinajstić information content (AvgIpc) is 3.27. The number of carboxylic acid groups (broad SMARTS) is 1. The summed E-state index contributed by atoms with van der Waals surface area (Å²) in [6.45, 7) is 3.67. The maximum atomic E-state index is 14.7. The summed E-state index contributed by atoms with van der Waals surface area (Å²) in [5, 5.41) is 26.5. The first kappa shape index (κ1) is 49.8. The predicted molar refractivity (Wildman–Crippen MR) is 244 cm³/mol. The molecule has 340 valence electrons. The maximum Gasteiger partial charge on any atom is 0.326 e. The van der Waals surface area contributed by atoms with E-state index in [1.54, 1.807) is 44.2 Å². The van der Waals surface area contributed by atoms with Gasteiger partial charge < -0.3 is 41.9 Å². The number of likely N-dealkylation sites (N-methyl/N-ethyl adjacent to an activating group) is 1. The van der Waals surface area contributed by atoms with Gasteiger partial charge in [-0.25, -0.2) is 9.59 Å². The topological polar surface area (TPSA) is 215 Å². The van der Waals surface area contributed by atoms with Gasteiger partial charge in [0.1, 0.15) is 36.3 Å². The Labute approximate surface area is 374 Å². The van der Waals surface area contributed by atoms with Gasteiger partial charge in [-0.15, -0.1) is 0 Å². The molecule has 0 bridgehead atoms. The minimum atomic E-state index is -1.30. The largest absolute Gasteiger partial charge is 0.480 e. The van der Waals surface area contributed by atoms with Gasteiger partial charge in [0.2, 0.25) is 29.5 Å². The molecule has 1 heterocycles. The molecule has 3 aromatic rings. The Morgan fingerprint density at radius 2 is 1.30 bits per heavy atom. The Hall–Kier alpha value is -5.90. The van der Waals surface area contributed by atoms with Gasteiger partial charge in [0.25, 0.3) is 0 Å². The van der Waals surface area contributed by atoms with E-state index in [1.807, 2.05) is 66.9 Å². The van der Waals surface area contributed by atoms with Crippen LogP contribution in [0.2, 0.25) is 0 Å². The lowest BCUT2D eigenvalue weighted by Crippen LogP contribution is -2.60. The summed E-state index contributed by atoms with van der Waals surface area (Å²) >= 11 is 1.52. The predicted octanol–water partition coefficient (Wildman–Crippen LogP) is 3.61. The van der Waals surface area contributed by atoms with Crippen molar-refractivity contribution in [1.29, 1.82) is 0 Å². The number of urea groups is 1. The fourth-order valence-corrected chi connectivity index (χ4v) is 7.84. The molecule has 1 fully saturated rings. The molecule has 6 unspecified atom stereocenters. The summed E-state index contributed by atoms with van der Waals surface area (Å²) in [6, 6.07) is 20.2. The highest BCUT2D eigenvalue weighted by Crippen LogP contribution is 2.16. The zero-order valence-corrected chi connectivity index (χ0v) is 37.5. The second-order valence-electron chi connectivity index (χ2n) is 16.2. The van der Waals surface area contributed by atoms with Crippen LogP contribution < -0.4 is 31.9 Å². The fraction of sp³-hybridized carbons (Fsp3) is 0.468. The van der Waals surface area contributed by atoms with Crippen LogP contribution in [0.25, 0.3) is 0 Å². The molecule has 3 aromatic carbocycles. The van der Waals surface area contributed by atoms with Crippen LogP contribution >= 0.6 is 11.8 Å². The highest BCUT2D eigenvalue weighted by molar-refractivity contribution is 7.98. The minimum Gasteiger partial charge on any atom is -0.480 e. The number of aliphatic carboxylic acids is 1. The normalized spacial score (nSPS) is 21.4. The number of hydrogen-bond acceptors (Lipinski definition) is 8. The summed E-state index contributed by atoms with van der Waals surface area (Å²) in [7, 11) is 1.52. The summed E-state index contributed by atoms with van der Waals surface area (Å²) in [5.41, 5.74) is 2.57. The Morgan fingerprint density at radius 1 is 0.730 bits per heavy atom. The van der Waals surface area contributed by atoms with Gasteiger partial charge in [0, 0.05) is 20.0 Å². The van der Waals surface area contributed by atoms with Gasteiger partial charge in [-0.05, 0) is 86.0 Å². The fourth-order valence-electron chi connectivity index (χ4n) is 7.37. The molecule has 1 saturated heterocycles. The van der Waals surface area contributed by atoms with Gasteiger partial charge in [-0.2, -0.15) is 11.8 Å². The van der Waals surface area contributed by atoms with E-state index in [2.05, 4.69) is 31.9 Å². The van der Waals surface area contributed by atoms with Crippen molar-refractivity contribution >= 4 is 53.3 Å². The van der Waals surface area contributed by atoms with Crippen molar-refractivity contribution in [3.8, 4) is 0 Å². The first-order chi connectivity index (χ1) is 30.3. The number of benzene rings is 3. The Morgan fingerprint density at radius 3 is 1.87 bits per heavy atom. The lowest BCUT2D eigenvalue weighted by atomic mass is 9.98. The van der Waals surface area contributed by atoms with E-state index in [4.69, 9.17) is 0 Å². The Balaban J connectivity index is 1.67. The molecular formula is C47H63N7O8S. The van der Waals surface area contributed by atoms with Crippen LogP contribution in [0.5, 0.6) is 0 Å². The molecule has 6 atom stereocenters. The summed E-state index contributed by atoms with van der Waals surface area (Å²) < 4.78 is 0. The number of aryl methyl sites for hydroxylation is 2. The number of thioether (sulfide) groups is 1. The molecule has 0 radical (unpaired) electrons. The maximum absolute atomic E-state index is 14.7. The van der Waals surface area contributed by atoms with Crippen molar-refractivity contribution in [3.05, 3.63) is 108 Å². The summed E-state index contributed by atoms with van der Waals surface area (Å²) in [4.78, 5) is 97.9. The van der Waals surface area contributed by atoms with E-state index in [0.29, 0.717) is 43.4 Å². The van der Waals surface area contributed by atoms with E-state index in [9.17, 15) is 38.7 Å². The van der Waals surface area contributed by atoms with Gasteiger partial charge in [-0.3, -0.25) is 24.0 Å². The van der Waals surface area contributed by atoms with Crippen molar-refractivity contribution in [2.45, 2.75) is 108 Å². The molecule has 4 rings (SSSR count). The molecule has 15 nitrogen and oxygen atoms in total. The third-order valence-corrected chi connectivity index (χ3v) is 11.7. The van der Waals surface area contributed by atoms with Crippen LogP contribution in [-0.2, 0) is 48.0 Å². The number of carbonyl (C=O) groups is 7. The molecule has 0 saturated carbocycles. The smallest absolute Gasteiger partial charge is 0.326 e. The van der Waals surface area contributed by atoms with E-state index >= 15 is 0 Å². The number of amides is 7. The molecule has 0 aromatic heterocycles. The standard InChI is InChI=1S/C47H63N7O8S/c1-31(2)40-44(58)50-37(25-23-32-16-8-5-9-17-32)45(59)54(3)39(26-24-33-18-10-6-11-19-33)43(57)49-36(27-29-63-4)41(55)48-28-15-14-22-35(42(56)53-40)51-47(62)52-38(46(60)61)30-34-20-12-7-13-21-34/h5-13,16-21,31,35-40H,14-15,22-30H2,1-4H3,(H,48,55)(H,49,57)(H,50,58)(H,53,56)(H,60,61)(H2,51,52,62). The Bertz CT molecular complexity index is 1960. The molecule has 0 spiro atoms. The van der Waals surface area contributed by atoms with E-state index in [0.717, 1.165) is 11.1 Å². The molecule has 0 aliphatic carbocycles. The van der Waals surface area contributed by atoms with Crippen LogP contribution in [-0.4, -0.2) is 113 Å². The van der Waals surface area contributed by atoms with Crippen molar-refractivity contribution in [1.82, 2.24) is 36.8 Å². The zero-order valence-electron chi connectivity index (χ0n) is 36.6. The van der Waals surface area contributed by atoms with Crippen LogP contribution in [0.3, 0.4) is 0 Å². The zero-order chi connectivity index (χ0) is 45.7. The van der Waals surface area contributed by atoms with Crippen molar-refractivity contribution < 1.29 is 38.7 Å². The van der Waals surface area contributed by atoms with Crippen molar-refractivity contribution in [2.24, 2.45) is 5.92 Å². The van der Waals surface area contributed by atoms with Gasteiger partial charge in [-0.1, -0.05) is 105 Å². The number of carbonyl (C=O) groups excluding carboxylic acids is 6. The van der Waals surface area contributed by atoms with E-state index in [1.165, 1.54) is 23.7 Å². The lowest BCUT2D eigenvalue weighted by Gasteiger charge is -2.33. The van der Waals surface area contributed by atoms with Crippen LogP contribution in [0, 0.1) is 5.92 Å². The number of nitrogens with one attached hydrogen (secondary N) is 6. The summed E-state index contributed by atoms with van der Waals surface area (Å²) in [5.74, 6) is -3.90. The molecule has 63 heavy (non-hydrogen) atoms. The van der Waals surface area contributed by atoms with Gasteiger partial charge in [0.15, 0.2) is 0 Å². The third-order valence-electron chi connectivity index (χ3n) is 11.1. The van der Waals surface area contributed by atoms with Crippen molar-refractivity contribution in [3.63, 3.8) is 0 Å². The first-order valence-corrected chi connectivity index (χ1v) is 23.0. The SMILES string of the molecule is CSCCC1NC(=O)C(CCc2ccccc2)N(C)C(=O)C(CCc2ccccc2)NC(=O)C(C(C)C)NC(=O)C(NC(=O)NC(Cc2ccccc2)C(=O)O)CCCCNC1=O. The average molecular weight is 886 g/mol. The number of nitrogens with zero attached hydrogens (tertiary/aromatic N) is 1. The minimum absolute atomic E-state index is 0.00125.